The summed E-state index contributed by atoms with van der Waals surface area (Å²) in [7, 11) is -4.62. The maximum absolute atomic E-state index is 10.7. The molecule has 0 radical (unpaired) electrons. The summed E-state index contributed by atoms with van der Waals surface area (Å²) in [6, 6.07) is 0. The van der Waals surface area contributed by atoms with Gasteiger partial charge < -0.3 is 20.0 Å². The van der Waals surface area contributed by atoms with Crippen molar-refractivity contribution in [2.24, 2.45) is 0 Å². The van der Waals surface area contributed by atoms with Gasteiger partial charge in [-0.3, -0.25) is 4.52 Å². The van der Waals surface area contributed by atoms with Crippen LogP contribution in [-0.2, 0) is 9.09 Å². The minimum absolute atomic E-state index is 0.279. The van der Waals surface area contributed by atoms with E-state index in [0.717, 1.165) is 12.8 Å². The average molecular weight is 382 g/mol. The predicted octanol–water partition coefficient (Wildman–Crippen LogP) is 4.30. The summed E-state index contributed by atoms with van der Waals surface area (Å²) >= 11 is 0. The van der Waals surface area contributed by atoms with E-state index in [4.69, 9.17) is 9.79 Å². The van der Waals surface area contributed by atoms with Crippen LogP contribution in [0, 0.1) is 0 Å². The number of hydrogen-bond acceptors (Lipinski definition) is 4. The van der Waals surface area contributed by atoms with Crippen molar-refractivity contribution >= 4 is 7.82 Å². The second-order valence-corrected chi connectivity index (χ2v) is 8.38. The third-order valence-electron chi connectivity index (χ3n) is 4.54. The van der Waals surface area contributed by atoms with Crippen LogP contribution in [0.5, 0.6) is 0 Å². The van der Waals surface area contributed by atoms with E-state index in [1.165, 1.54) is 64.2 Å². The van der Waals surface area contributed by atoms with Gasteiger partial charge in [0.1, 0.15) is 5.60 Å². The molecule has 0 amide bonds. The highest BCUT2D eigenvalue weighted by Crippen LogP contribution is 2.37. The van der Waals surface area contributed by atoms with Crippen LogP contribution in [0.25, 0.3) is 0 Å². The molecule has 1 atom stereocenters. The van der Waals surface area contributed by atoms with Gasteiger partial charge in [0.25, 0.3) is 0 Å². The van der Waals surface area contributed by atoms with Crippen molar-refractivity contribution in [1.82, 2.24) is 0 Å². The SMILES string of the molecule is CCCCCCCCCCCCCCCC(O)(CO)COP(=O)(O)O. The zero-order valence-corrected chi connectivity index (χ0v) is 16.8. The van der Waals surface area contributed by atoms with Crippen molar-refractivity contribution in [2.75, 3.05) is 13.2 Å². The van der Waals surface area contributed by atoms with E-state index >= 15 is 0 Å². The first-order valence-corrected chi connectivity index (χ1v) is 11.4. The molecule has 0 rings (SSSR count). The van der Waals surface area contributed by atoms with Crippen molar-refractivity contribution in [1.29, 1.82) is 0 Å². The monoisotopic (exact) mass is 382 g/mol. The minimum Gasteiger partial charge on any atom is -0.393 e. The summed E-state index contributed by atoms with van der Waals surface area (Å²) in [5, 5.41) is 19.2. The Bertz CT molecular complexity index is 346. The lowest BCUT2D eigenvalue weighted by molar-refractivity contribution is -0.0600. The van der Waals surface area contributed by atoms with Crippen molar-refractivity contribution in [3.63, 3.8) is 0 Å². The van der Waals surface area contributed by atoms with Crippen molar-refractivity contribution < 1.29 is 29.1 Å². The Balaban J connectivity index is 3.48. The molecule has 6 nitrogen and oxygen atoms in total. The maximum atomic E-state index is 10.7. The molecule has 0 aromatic carbocycles. The van der Waals surface area contributed by atoms with Crippen LogP contribution in [-0.4, -0.2) is 38.8 Å². The van der Waals surface area contributed by atoms with Gasteiger partial charge in [-0.05, 0) is 6.42 Å². The highest BCUT2D eigenvalue weighted by atomic mass is 31.2. The van der Waals surface area contributed by atoms with E-state index in [-0.39, 0.29) is 6.42 Å². The summed E-state index contributed by atoms with van der Waals surface area (Å²) in [5.41, 5.74) is -1.57. The van der Waals surface area contributed by atoms with E-state index in [1.54, 1.807) is 0 Å². The van der Waals surface area contributed by atoms with Crippen LogP contribution >= 0.6 is 7.82 Å². The molecular formula is C18H39O6P. The first-order chi connectivity index (χ1) is 11.8. The Kier molecular flexibility index (Phi) is 15.1. The summed E-state index contributed by atoms with van der Waals surface area (Å²) in [6.07, 6.45) is 16.1. The highest BCUT2D eigenvalue weighted by molar-refractivity contribution is 7.46. The standard InChI is InChI=1S/C18H39O6P/c1-2-3-4-5-6-7-8-9-10-11-12-13-14-15-18(20,16-19)17-24-25(21,22)23/h19-20H,2-17H2,1H3,(H2,21,22,23). The lowest BCUT2D eigenvalue weighted by Crippen LogP contribution is -2.38. The van der Waals surface area contributed by atoms with E-state index in [0.29, 0.717) is 6.42 Å². The Labute approximate surface area is 153 Å². The van der Waals surface area contributed by atoms with E-state index in [1.807, 2.05) is 0 Å². The molecule has 7 heteroatoms. The molecule has 0 saturated carbocycles. The zero-order chi connectivity index (χ0) is 19.0. The molecule has 25 heavy (non-hydrogen) atoms. The summed E-state index contributed by atoms with van der Waals surface area (Å²) in [5.74, 6) is 0. The molecular weight excluding hydrogens is 343 g/mol. The third-order valence-corrected chi connectivity index (χ3v) is 5.01. The first kappa shape index (κ1) is 25.0. The Hall–Kier alpha value is 0.0300. The second kappa shape index (κ2) is 15.1. The van der Waals surface area contributed by atoms with Crippen LogP contribution in [0.3, 0.4) is 0 Å². The van der Waals surface area contributed by atoms with Gasteiger partial charge in [0, 0.05) is 0 Å². The minimum atomic E-state index is -4.62. The van der Waals surface area contributed by atoms with Crippen LogP contribution in [0.4, 0.5) is 0 Å². The fourth-order valence-electron chi connectivity index (χ4n) is 2.87. The van der Waals surface area contributed by atoms with Crippen molar-refractivity contribution in [2.45, 2.75) is 102 Å². The second-order valence-electron chi connectivity index (χ2n) is 7.14. The van der Waals surface area contributed by atoms with E-state index < -0.39 is 26.6 Å². The van der Waals surface area contributed by atoms with Crippen LogP contribution in [0.2, 0.25) is 0 Å². The fraction of sp³-hybridized carbons (Fsp3) is 1.00. The Morgan fingerprint density at radius 3 is 1.56 bits per heavy atom. The summed E-state index contributed by atoms with van der Waals surface area (Å²) in [4.78, 5) is 17.3. The number of unbranched alkanes of at least 4 members (excludes halogenated alkanes) is 12. The molecule has 1 unspecified atom stereocenters. The Morgan fingerprint density at radius 2 is 1.20 bits per heavy atom. The number of phosphoric acid groups is 1. The lowest BCUT2D eigenvalue weighted by atomic mass is 9.97. The number of hydrogen-bond donors (Lipinski definition) is 4. The molecule has 0 aromatic rings. The van der Waals surface area contributed by atoms with Crippen LogP contribution in [0.15, 0.2) is 0 Å². The van der Waals surface area contributed by atoms with Crippen LogP contribution < -0.4 is 0 Å². The van der Waals surface area contributed by atoms with Crippen molar-refractivity contribution in [3.8, 4) is 0 Å². The number of aliphatic hydroxyl groups excluding tert-OH is 1. The topological polar surface area (TPSA) is 107 Å². The van der Waals surface area contributed by atoms with Crippen molar-refractivity contribution in [3.05, 3.63) is 0 Å². The maximum Gasteiger partial charge on any atom is 0.469 e. The van der Waals surface area contributed by atoms with Crippen LogP contribution in [0.1, 0.15) is 96.8 Å². The van der Waals surface area contributed by atoms with Gasteiger partial charge in [-0.25, -0.2) is 4.57 Å². The lowest BCUT2D eigenvalue weighted by Gasteiger charge is -2.25. The molecule has 0 heterocycles. The number of rotatable bonds is 18. The number of aliphatic hydroxyl groups is 2. The van der Waals surface area contributed by atoms with Gasteiger partial charge in [-0.2, -0.15) is 0 Å². The third kappa shape index (κ3) is 17.2. The average Bonchev–Trinajstić information content (AvgIpc) is 2.56. The largest absolute Gasteiger partial charge is 0.469 e. The molecule has 0 aliphatic carbocycles. The molecule has 0 aliphatic rings. The Morgan fingerprint density at radius 1 is 0.800 bits per heavy atom. The van der Waals surface area contributed by atoms with E-state index in [2.05, 4.69) is 11.4 Å². The molecule has 0 bridgehead atoms. The smallest absolute Gasteiger partial charge is 0.393 e. The van der Waals surface area contributed by atoms with Gasteiger partial charge in [-0.15, -0.1) is 0 Å². The normalized spacial score (nSPS) is 14.6. The predicted molar refractivity (Wildman–Crippen MR) is 100 cm³/mol. The first-order valence-electron chi connectivity index (χ1n) is 9.86. The quantitative estimate of drug-likeness (QED) is 0.208. The molecule has 0 spiro atoms. The molecule has 0 aliphatic heterocycles. The number of phosphoric ester groups is 1. The summed E-state index contributed by atoms with van der Waals surface area (Å²) < 4.78 is 15.0. The van der Waals surface area contributed by atoms with Gasteiger partial charge >= 0.3 is 7.82 Å². The van der Waals surface area contributed by atoms with Gasteiger partial charge in [0.05, 0.1) is 13.2 Å². The molecule has 0 fully saturated rings. The molecule has 4 N–H and O–H groups in total. The van der Waals surface area contributed by atoms with E-state index in [9.17, 15) is 14.8 Å². The van der Waals surface area contributed by atoms with Gasteiger partial charge in [-0.1, -0.05) is 90.4 Å². The molecule has 152 valence electrons. The van der Waals surface area contributed by atoms with Gasteiger partial charge in [0.2, 0.25) is 0 Å². The van der Waals surface area contributed by atoms with Gasteiger partial charge in [0.15, 0.2) is 0 Å². The highest BCUT2D eigenvalue weighted by Gasteiger charge is 2.29. The molecule has 0 saturated heterocycles. The fourth-order valence-corrected chi connectivity index (χ4v) is 3.28. The zero-order valence-electron chi connectivity index (χ0n) is 15.9. The summed E-state index contributed by atoms with van der Waals surface area (Å²) in [6.45, 7) is 1.12. The molecule has 0 aromatic heterocycles.